The maximum absolute atomic E-state index is 5.18. The van der Waals surface area contributed by atoms with Crippen molar-refractivity contribution in [1.82, 2.24) is 0 Å². The molecule has 0 saturated carbocycles. The molecule has 0 aromatic rings. The summed E-state index contributed by atoms with van der Waals surface area (Å²) in [6, 6.07) is 0. The maximum Gasteiger partial charge on any atom is 0.111 e. The first-order chi connectivity index (χ1) is 12.3. The third kappa shape index (κ3) is 30.5. The van der Waals surface area contributed by atoms with Crippen LogP contribution >= 0.6 is 0 Å². The van der Waals surface area contributed by atoms with Crippen LogP contribution in [0.15, 0.2) is 51.4 Å². The second-order valence-corrected chi connectivity index (χ2v) is 3.99. The van der Waals surface area contributed by atoms with Crippen molar-refractivity contribution in [2.24, 2.45) is 0 Å². The van der Waals surface area contributed by atoms with Gasteiger partial charge in [0.15, 0.2) is 0 Å². The zero-order valence-electron chi connectivity index (χ0n) is 15.1. The van der Waals surface area contributed by atoms with Gasteiger partial charge in [-0.2, -0.15) is 0 Å². The smallest absolute Gasteiger partial charge is 0.111 e. The fourth-order valence-electron chi connectivity index (χ4n) is 1.19. The van der Waals surface area contributed by atoms with Crippen LogP contribution in [0.2, 0.25) is 0 Å². The van der Waals surface area contributed by atoms with Gasteiger partial charge in [0, 0.05) is 0 Å². The molecule has 0 unspecified atom stereocenters. The minimum absolute atomic E-state index is 0.531. The highest BCUT2D eigenvalue weighted by Gasteiger charge is 1.89. The average molecular weight is 360 g/mol. The van der Waals surface area contributed by atoms with Gasteiger partial charge < -0.3 is 33.2 Å². The summed E-state index contributed by atoms with van der Waals surface area (Å²) in [5, 5.41) is 0. The summed E-state index contributed by atoms with van der Waals surface area (Å²) in [5.41, 5.74) is 0. The summed E-state index contributed by atoms with van der Waals surface area (Å²) in [4.78, 5) is 0. The van der Waals surface area contributed by atoms with E-state index in [0.717, 1.165) is 0 Å². The zero-order chi connectivity index (χ0) is 18.8. The van der Waals surface area contributed by atoms with Crippen LogP contribution in [0.25, 0.3) is 0 Å². The molecule has 0 bridgehead atoms. The molecule has 0 atom stereocenters. The largest absolute Gasteiger partial charge is 0.499 e. The van der Waals surface area contributed by atoms with Crippen molar-refractivity contribution in [3.05, 3.63) is 51.4 Å². The van der Waals surface area contributed by atoms with E-state index >= 15 is 0 Å². The molecule has 0 aliphatic rings. The minimum Gasteiger partial charge on any atom is -0.499 e. The van der Waals surface area contributed by atoms with E-state index in [9.17, 15) is 0 Å². The number of rotatable bonds is 19. The predicted octanol–water partition coefficient (Wildman–Crippen LogP) is 2.66. The van der Waals surface area contributed by atoms with E-state index in [1.165, 1.54) is 25.0 Å². The van der Waals surface area contributed by atoms with Gasteiger partial charge in [0.25, 0.3) is 0 Å². The first-order valence-corrected chi connectivity index (χ1v) is 7.96. The van der Waals surface area contributed by atoms with Gasteiger partial charge >= 0.3 is 0 Å². The topological polar surface area (TPSA) is 64.6 Å². The van der Waals surface area contributed by atoms with Crippen LogP contribution in [0.1, 0.15) is 0 Å². The van der Waals surface area contributed by atoms with Crippen LogP contribution in [0.5, 0.6) is 0 Å². The minimum atomic E-state index is 0.531. The standard InChI is InChI=1S/C10H18O4.C8H14O3/c1-3-11-5-7-13-9-10-14-8-6-12-4-2;1-3-9-5-7-11-8-6-10-4-2/h3-4H,1-2,5-10H2;3-4H,1-2,5-8H2. The van der Waals surface area contributed by atoms with E-state index in [1.54, 1.807) is 0 Å². The summed E-state index contributed by atoms with van der Waals surface area (Å²) >= 11 is 0. The van der Waals surface area contributed by atoms with Gasteiger partial charge in [-0.05, 0) is 0 Å². The van der Waals surface area contributed by atoms with Crippen molar-refractivity contribution in [1.29, 1.82) is 0 Å². The number of hydrogen-bond donors (Lipinski definition) is 0. The fourth-order valence-corrected chi connectivity index (χ4v) is 1.19. The summed E-state index contributed by atoms with van der Waals surface area (Å²) in [5.74, 6) is 0. The molecule has 7 nitrogen and oxygen atoms in total. The van der Waals surface area contributed by atoms with Crippen molar-refractivity contribution >= 4 is 0 Å². The van der Waals surface area contributed by atoms with Gasteiger partial charge in [0.2, 0.25) is 0 Å². The second kappa shape index (κ2) is 26.9. The van der Waals surface area contributed by atoms with Crippen molar-refractivity contribution in [3.63, 3.8) is 0 Å². The highest BCUT2D eigenvalue weighted by atomic mass is 16.6. The van der Waals surface area contributed by atoms with Gasteiger partial charge in [-0.15, -0.1) is 0 Å². The summed E-state index contributed by atoms with van der Waals surface area (Å²) in [6.07, 6.45) is 5.58. The number of hydrogen-bond acceptors (Lipinski definition) is 7. The lowest BCUT2D eigenvalue weighted by Gasteiger charge is -2.05. The van der Waals surface area contributed by atoms with Crippen molar-refractivity contribution in [2.45, 2.75) is 0 Å². The molecule has 0 aliphatic carbocycles. The molecule has 25 heavy (non-hydrogen) atoms. The molecule has 0 N–H and O–H groups in total. The van der Waals surface area contributed by atoms with Gasteiger partial charge in [-0.1, -0.05) is 26.3 Å². The molecule has 7 heteroatoms. The first-order valence-electron chi connectivity index (χ1n) is 7.96. The average Bonchev–Trinajstić information content (AvgIpc) is 2.63. The highest BCUT2D eigenvalue weighted by molar-refractivity contribution is 4.50. The monoisotopic (exact) mass is 360 g/mol. The highest BCUT2D eigenvalue weighted by Crippen LogP contribution is 1.82. The van der Waals surface area contributed by atoms with Crippen molar-refractivity contribution in [3.8, 4) is 0 Å². The molecule has 0 radical (unpaired) electrons. The van der Waals surface area contributed by atoms with E-state index in [0.29, 0.717) is 66.1 Å². The van der Waals surface area contributed by atoms with E-state index in [1.807, 2.05) is 0 Å². The van der Waals surface area contributed by atoms with Gasteiger partial charge in [0.1, 0.15) is 26.4 Å². The maximum atomic E-state index is 5.18. The first kappa shape index (κ1) is 25.3. The molecule has 0 aromatic heterocycles. The van der Waals surface area contributed by atoms with Gasteiger partial charge in [-0.25, -0.2) is 0 Å². The SMILES string of the molecule is C=COCCOCCOC=C.C=COCCOCCOCCOC=C. The molecule has 0 amide bonds. The molecular weight excluding hydrogens is 328 g/mol. The van der Waals surface area contributed by atoms with Crippen molar-refractivity contribution in [2.75, 3.05) is 66.1 Å². The Kier molecular flexibility index (Phi) is 27.2. The van der Waals surface area contributed by atoms with Crippen LogP contribution in [0.4, 0.5) is 0 Å². The van der Waals surface area contributed by atoms with Crippen LogP contribution < -0.4 is 0 Å². The fraction of sp³-hybridized carbons (Fsp3) is 0.556. The van der Waals surface area contributed by atoms with Crippen LogP contribution in [0, 0.1) is 0 Å². The Morgan fingerprint density at radius 3 is 0.760 bits per heavy atom. The Balaban J connectivity index is 0. The normalized spacial score (nSPS) is 9.12. The van der Waals surface area contributed by atoms with E-state index in [2.05, 4.69) is 26.3 Å². The Morgan fingerprint density at radius 1 is 0.360 bits per heavy atom. The van der Waals surface area contributed by atoms with Gasteiger partial charge in [-0.3, -0.25) is 0 Å². The molecule has 0 aliphatic heterocycles. The Bertz CT molecular complexity index is 267. The summed E-state index contributed by atoms with van der Waals surface area (Å²) in [6.45, 7) is 19.1. The zero-order valence-corrected chi connectivity index (χ0v) is 15.1. The Labute approximate surface area is 151 Å². The lowest BCUT2D eigenvalue weighted by atomic mass is 10.7. The lowest BCUT2D eigenvalue weighted by molar-refractivity contribution is 0.0186. The van der Waals surface area contributed by atoms with E-state index in [4.69, 9.17) is 33.2 Å². The van der Waals surface area contributed by atoms with E-state index < -0.39 is 0 Å². The molecule has 0 aromatic carbocycles. The molecule has 0 rings (SSSR count). The number of ether oxygens (including phenoxy) is 7. The summed E-state index contributed by atoms with van der Waals surface area (Å²) in [7, 11) is 0. The second-order valence-electron chi connectivity index (χ2n) is 3.99. The Morgan fingerprint density at radius 2 is 0.560 bits per heavy atom. The molecular formula is C18H32O7. The third-order valence-electron chi connectivity index (χ3n) is 2.23. The molecule has 0 spiro atoms. The van der Waals surface area contributed by atoms with Crippen molar-refractivity contribution < 1.29 is 33.2 Å². The van der Waals surface area contributed by atoms with Crippen LogP contribution in [0.3, 0.4) is 0 Å². The van der Waals surface area contributed by atoms with Crippen LogP contribution in [-0.2, 0) is 33.2 Å². The molecule has 146 valence electrons. The summed E-state index contributed by atoms with van der Waals surface area (Å²) < 4.78 is 34.8. The van der Waals surface area contributed by atoms with Gasteiger partial charge in [0.05, 0.1) is 64.7 Å². The van der Waals surface area contributed by atoms with Crippen LogP contribution in [-0.4, -0.2) is 66.1 Å². The molecule has 0 heterocycles. The third-order valence-corrected chi connectivity index (χ3v) is 2.23. The quantitative estimate of drug-likeness (QED) is 0.259. The molecule has 0 fully saturated rings. The Hall–Kier alpha value is -1.96. The van der Waals surface area contributed by atoms with E-state index in [-0.39, 0.29) is 0 Å². The lowest BCUT2D eigenvalue weighted by Crippen LogP contribution is -2.10. The predicted molar refractivity (Wildman–Crippen MR) is 97.1 cm³/mol. The molecule has 0 saturated heterocycles.